The number of aliphatic hydroxyl groups is 1. The Morgan fingerprint density at radius 2 is 1.96 bits per heavy atom. The van der Waals surface area contributed by atoms with E-state index in [0.29, 0.717) is 12.0 Å². The average molecular weight is 410 g/mol. The number of hydrogen-bond acceptors (Lipinski definition) is 5. The van der Waals surface area contributed by atoms with Crippen LogP contribution >= 0.6 is 11.3 Å². The first-order chi connectivity index (χ1) is 13.0. The van der Waals surface area contributed by atoms with Gasteiger partial charge in [-0.2, -0.15) is 0 Å². The van der Waals surface area contributed by atoms with Crippen LogP contribution in [0.4, 0.5) is 4.79 Å². The normalized spacial score (nSPS) is 29.4. The van der Waals surface area contributed by atoms with Crippen molar-refractivity contribution in [2.45, 2.75) is 95.9 Å². The van der Waals surface area contributed by atoms with Crippen molar-refractivity contribution in [1.82, 2.24) is 14.8 Å². The first-order valence-electron chi connectivity index (χ1n) is 10.5. The Balaban J connectivity index is 1.60. The lowest BCUT2D eigenvalue weighted by molar-refractivity contribution is -0.0205. The highest BCUT2D eigenvalue weighted by atomic mass is 32.1. The summed E-state index contributed by atoms with van der Waals surface area (Å²) < 4.78 is 0. The molecule has 158 valence electrons. The average Bonchev–Trinajstić information content (AvgIpc) is 3.23. The Kier molecular flexibility index (Phi) is 6.09. The SMILES string of the molecule is CC(C)c1ncc(C2(O)CCC(N3CC[C@@H](N(C(=O)O)C(C)(C)C)C3)CC2)s1. The van der Waals surface area contributed by atoms with Gasteiger partial charge in [0.05, 0.1) is 9.88 Å². The maximum Gasteiger partial charge on any atom is 0.408 e. The Labute approximate surface area is 172 Å². The van der Waals surface area contributed by atoms with Crippen molar-refractivity contribution in [3.63, 3.8) is 0 Å². The second-order valence-electron chi connectivity index (χ2n) is 9.74. The quantitative estimate of drug-likeness (QED) is 0.777. The fourth-order valence-corrected chi connectivity index (χ4v) is 5.83. The summed E-state index contributed by atoms with van der Waals surface area (Å²) >= 11 is 1.64. The van der Waals surface area contributed by atoms with Crippen LogP contribution < -0.4 is 0 Å². The zero-order valence-electron chi connectivity index (χ0n) is 17.8. The van der Waals surface area contributed by atoms with E-state index in [2.05, 4.69) is 23.7 Å². The van der Waals surface area contributed by atoms with E-state index in [9.17, 15) is 15.0 Å². The first-order valence-corrected chi connectivity index (χ1v) is 11.3. The molecular weight excluding hydrogens is 374 g/mol. The van der Waals surface area contributed by atoms with Crippen molar-refractivity contribution < 1.29 is 15.0 Å². The Bertz CT molecular complexity index is 689. The molecule has 1 saturated heterocycles. The summed E-state index contributed by atoms with van der Waals surface area (Å²) in [5, 5.41) is 21.9. The van der Waals surface area contributed by atoms with E-state index in [1.807, 2.05) is 27.0 Å². The molecule has 6 nitrogen and oxygen atoms in total. The van der Waals surface area contributed by atoms with Crippen LogP contribution in [0.25, 0.3) is 0 Å². The molecular formula is C21H35N3O3S. The highest BCUT2D eigenvalue weighted by Crippen LogP contribution is 2.42. The topological polar surface area (TPSA) is 76.9 Å². The van der Waals surface area contributed by atoms with E-state index in [4.69, 9.17) is 0 Å². The van der Waals surface area contributed by atoms with Crippen molar-refractivity contribution in [2.75, 3.05) is 13.1 Å². The third kappa shape index (κ3) is 4.36. The van der Waals surface area contributed by atoms with Crippen molar-refractivity contribution in [3.05, 3.63) is 16.1 Å². The number of aromatic nitrogens is 1. The smallest absolute Gasteiger partial charge is 0.408 e. The molecule has 7 heteroatoms. The summed E-state index contributed by atoms with van der Waals surface area (Å²) in [5.74, 6) is 0.389. The molecule has 0 aromatic carbocycles. The Morgan fingerprint density at radius 1 is 1.32 bits per heavy atom. The third-order valence-electron chi connectivity index (χ3n) is 6.26. The van der Waals surface area contributed by atoms with Gasteiger partial charge < -0.3 is 10.2 Å². The van der Waals surface area contributed by atoms with Gasteiger partial charge in [0.15, 0.2) is 0 Å². The molecule has 1 aliphatic carbocycles. The molecule has 1 saturated carbocycles. The highest BCUT2D eigenvalue weighted by Gasteiger charge is 2.42. The second-order valence-corrected chi connectivity index (χ2v) is 10.8. The maximum absolute atomic E-state index is 11.8. The molecule has 2 heterocycles. The first kappa shape index (κ1) is 21.5. The molecule has 1 aliphatic heterocycles. The molecule has 0 spiro atoms. The molecule has 0 bridgehead atoms. The largest absolute Gasteiger partial charge is 0.465 e. The molecule has 2 N–H and O–H groups in total. The summed E-state index contributed by atoms with van der Waals surface area (Å²) in [6, 6.07) is 0.479. The number of nitrogens with zero attached hydrogens (tertiary/aromatic N) is 3. The molecule has 1 aromatic rings. The summed E-state index contributed by atoms with van der Waals surface area (Å²) in [4.78, 5) is 21.3. The molecule has 2 fully saturated rings. The van der Waals surface area contributed by atoms with E-state index in [-0.39, 0.29) is 11.6 Å². The Hall–Kier alpha value is -1.18. The Morgan fingerprint density at radius 3 is 2.46 bits per heavy atom. The molecule has 1 amide bonds. The van der Waals surface area contributed by atoms with E-state index < -0.39 is 11.7 Å². The summed E-state index contributed by atoms with van der Waals surface area (Å²) in [7, 11) is 0. The predicted octanol–water partition coefficient (Wildman–Crippen LogP) is 4.25. The molecule has 2 aliphatic rings. The second kappa shape index (κ2) is 7.92. The van der Waals surface area contributed by atoms with Crippen LogP contribution in [0.5, 0.6) is 0 Å². The van der Waals surface area contributed by atoms with Gasteiger partial charge in [0, 0.05) is 42.8 Å². The van der Waals surface area contributed by atoms with Crippen molar-refractivity contribution in [2.24, 2.45) is 0 Å². The van der Waals surface area contributed by atoms with E-state index in [1.54, 1.807) is 16.2 Å². The van der Waals surface area contributed by atoms with Crippen molar-refractivity contribution in [1.29, 1.82) is 0 Å². The number of carbonyl (C=O) groups is 1. The standard InChI is InChI=1S/C21H35N3O3S/c1-14(2)18-22-12-17(28-18)21(27)9-6-15(7-10-21)23-11-8-16(13-23)24(19(25)26)20(3,4)5/h12,14-16,27H,6-11,13H2,1-5H3,(H,25,26)/t15?,16-,21?/m1/s1. The number of thiazole rings is 1. The van der Waals surface area contributed by atoms with E-state index >= 15 is 0 Å². The molecule has 1 atom stereocenters. The third-order valence-corrected chi connectivity index (χ3v) is 7.75. The predicted molar refractivity (Wildman–Crippen MR) is 112 cm³/mol. The number of carboxylic acid groups (broad SMARTS) is 1. The van der Waals surface area contributed by atoms with Crippen LogP contribution in [0, 0.1) is 0 Å². The molecule has 3 rings (SSSR count). The summed E-state index contributed by atoms with van der Waals surface area (Å²) in [5.41, 5.74) is -1.14. The lowest BCUT2D eigenvalue weighted by atomic mass is 9.81. The molecule has 0 radical (unpaired) electrons. The van der Waals surface area contributed by atoms with Gasteiger partial charge in [-0.1, -0.05) is 13.8 Å². The van der Waals surface area contributed by atoms with Gasteiger partial charge in [0.25, 0.3) is 0 Å². The van der Waals surface area contributed by atoms with Gasteiger partial charge in [-0.3, -0.25) is 9.80 Å². The van der Waals surface area contributed by atoms with Gasteiger partial charge in [-0.15, -0.1) is 11.3 Å². The zero-order valence-corrected chi connectivity index (χ0v) is 18.6. The number of likely N-dealkylation sites (tertiary alicyclic amines) is 1. The van der Waals surface area contributed by atoms with Gasteiger partial charge in [-0.05, 0) is 52.9 Å². The van der Waals surface area contributed by atoms with Crippen molar-refractivity contribution in [3.8, 4) is 0 Å². The van der Waals surface area contributed by atoms with Crippen LogP contribution in [0.1, 0.15) is 82.5 Å². The number of hydrogen-bond donors (Lipinski definition) is 2. The fourth-order valence-electron chi connectivity index (χ4n) is 4.76. The zero-order chi connectivity index (χ0) is 20.7. The summed E-state index contributed by atoms with van der Waals surface area (Å²) in [6.07, 6.45) is 5.31. The molecule has 0 unspecified atom stereocenters. The van der Waals surface area contributed by atoms with Crippen LogP contribution in [0.2, 0.25) is 0 Å². The van der Waals surface area contributed by atoms with Gasteiger partial charge in [-0.25, -0.2) is 9.78 Å². The highest BCUT2D eigenvalue weighted by molar-refractivity contribution is 7.11. The fraction of sp³-hybridized carbons (Fsp3) is 0.810. The maximum atomic E-state index is 11.8. The van der Waals surface area contributed by atoms with Gasteiger partial charge in [0.1, 0.15) is 5.60 Å². The van der Waals surface area contributed by atoms with Crippen LogP contribution in [0.15, 0.2) is 6.20 Å². The molecule has 28 heavy (non-hydrogen) atoms. The summed E-state index contributed by atoms with van der Waals surface area (Å²) in [6.45, 7) is 11.9. The lowest BCUT2D eigenvalue weighted by Crippen LogP contribution is -2.52. The molecule has 1 aromatic heterocycles. The number of amides is 1. The van der Waals surface area contributed by atoms with Crippen LogP contribution in [-0.2, 0) is 5.60 Å². The minimum atomic E-state index is -0.830. The number of rotatable bonds is 4. The van der Waals surface area contributed by atoms with E-state index in [1.165, 1.54) is 0 Å². The van der Waals surface area contributed by atoms with Crippen LogP contribution in [0.3, 0.4) is 0 Å². The van der Waals surface area contributed by atoms with Gasteiger partial charge in [0.2, 0.25) is 0 Å². The minimum absolute atomic E-state index is 0.0495. The van der Waals surface area contributed by atoms with Crippen LogP contribution in [-0.4, -0.2) is 61.8 Å². The van der Waals surface area contributed by atoms with Gasteiger partial charge >= 0.3 is 6.09 Å². The minimum Gasteiger partial charge on any atom is -0.465 e. The van der Waals surface area contributed by atoms with E-state index in [0.717, 1.165) is 55.1 Å². The lowest BCUT2D eigenvalue weighted by Gasteiger charge is -2.40. The van der Waals surface area contributed by atoms with Crippen molar-refractivity contribution >= 4 is 17.4 Å². The monoisotopic (exact) mass is 409 g/mol.